The van der Waals surface area contributed by atoms with Crippen molar-refractivity contribution in [3.63, 3.8) is 0 Å². The van der Waals surface area contributed by atoms with Crippen molar-refractivity contribution < 1.29 is 9.59 Å². The number of benzene rings is 2. The van der Waals surface area contributed by atoms with Gasteiger partial charge < -0.3 is 21.3 Å². The van der Waals surface area contributed by atoms with Gasteiger partial charge in [0.15, 0.2) is 0 Å². The quantitative estimate of drug-likeness (QED) is 0.686. The highest BCUT2D eigenvalue weighted by atomic mass is 16.2. The third-order valence-corrected chi connectivity index (χ3v) is 3.26. The van der Waals surface area contributed by atoms with Crippen LogP contribution in [0.15, 0.2) is 36.4 Å². The van der Waals surface area contributed by atoms with Crippen LogP contribution in [0, 0.1) is 0 Å². The lowest BCUT2D eigenvalue weighted by atomic mass is 10.1. The second-order valence-corrected chi connectivity index (χ2v) is 6.21. The Morgan fingerprint density at radius 2 is 1.08 bits per heavy atom. The molecule has 128 valence electrons. The number of rotatable bonds is 4. The Morgan fingerprint density at radius 3 is 1.42 bits per heavy atom. The monoisotopic (exact) mass is 328 g/mol. The van der Waals surface area contributed by atoms with Crippen molar-refractivity contribution in [2.75, 3.05) is 10.6 Å². The van der Waals surface area contributed by atoms with Gasteiger partial charge in [-0.1, -0.05) is 24.3 Å². The molecule has 0 aromatic heterocycles. The smallest absolute Gasteiger partial charge is 0.319 e. The summed E-state index contributed by atoms with van der Waals surface area (Å²) in [4.78, 5) is 23.9. The van der Waals surface area contributed by atoms with Crippen LogP contribution in [0.4, 0.5) is 21.0 Å². The van der Waals surface area contributed by atoms with Gasteiger partial charge >= 0.3 is 12.1 Å². The summed E-state index contributed by atoms with van der Waals surface area (Å²) < 4.78 is 0. The summed E-state index contributed by atoms with van der Waals surface area (Å²) in [5.74, 6) is 0. The Bertz CT molecular complexity index is 678. The number of hydrogen-bond donors (Lipinski definition) is 4. The minimum Gasteiger partial charge on any atom is -0.336 e. The summed E-state index contributed by atoms with van der Waals surface area (Å²) in [5.41, 5.74) is 1.39. The molecule has 0 heterocycles. The standard InChI is InChI=1S/C18H24N4O2/c1-11(2)19-17(23)21-15-9-5-8-14-13(15)7-6-10-16(14)22-18(24)20-12(3)4/h5-12H,1-4H3,(H2,19,21,23)(H2,20,22,24). The summed E-state index contributed by atoms with van der Waals surface area (Å²) in [6.07, 6.45) is 0. The fraction of sp³-hybridized carbons (Fsp3) is 0.333. The second-order valence-electron chi connectivity index (χ2n) is 6.21. The molecule has 0 aliphatic carbocycles. The predicted octanol–water partition coefficient (Wildman–Crippen LogP) is 3.90. The van der Waals surface area contributed by atoms with Crippen LogP contribution in [0.1, 0.15) is 27.7 Å². The zero-order chi connectivity index (χ0) is 17.7. The van der Waals surface area contributed by atoms with Gasteiger partial charge in [0, 0.05) is 22.9 Å². The van der Waals surface area contributed by atoms with E-state index in [0.717, 1.165) is 10.8 Å². The molecule has 0 aliphatic rings. The third kappa shape index (κ3) is 4.62. The van der Waals surface area contributed by atoms with E-state index in [1.165, 1.54) is 0 Å². The summed E-state index contributed by atoms with van der Waals surface area (Å²) in [6.45, 7) is 7.60. The van der Waals surface area contributed by atoms with Crippen LogP contribution in [0.25, 0.3) is 10.8 Å². The molecule has 0 radical (unpaired) electrons. The molecule has 2 rings (SSSR count). The van der Waals surface area contributed by atoms with Gasteiger partial charge in [0.05, 0.1) is 11.4 Å². The molecular weight excluding hydrogens is 304 g/mol. The van der Waals surface area contributed by atoms with Gasteiger partial charge in [0.25, 0.3) is 0 Å². The van der Waals surface area contributed by atoms with Crippen LogP contribution in [-0.4, -0.2) is 24.1 Å². The van der Waals surface area contributed by atoms with Crippen molar-refractivity contribution >= 4 is 34.2 Å². The van der Waals surface area contributed by atoms with E-state index >= 15 is 0 Å². The number of nitrogens with one attached hydrogen (secondary N) is 4. The van der Waals surface area contributed by atoms with Crippen LogP contribution in [0.5, 0.6) is 0 Å². The van der Waals surface area contributed by atoms with Crippen molar-refractivity contribution in [2.45, 2.75) is 39.8 Å². The van der Waals surface area contributed by atoms with E-state index in [2.05, 4.69) is 21.3 Å². The van der Waals surface area contributed by atoms with Gasteiger partial charge in [0.1, 0.15) is 0 Å². The molecular formula is C18H24N4O2. The molecule has 2 aromatic carbocycles. The Hall–Kier alpha value is -2.76. The zero-order valence-corrected chi connectivity index (χ0v) is 14.4. The first-order chi connectivity index (χ1) is 11.4. The van der Waals surface area contributed by atoms with Crippen LogP contribution in [-0.2, 0) is 0 Å². The van der Waals surface area contributed by atoms with E-state index in [-0.39, 0.29) is 24.1 Å². The number of carbonyl (C=O) groups excluding carboxylic acids is 2. The lowest BCUT2D eigenvalue weighted by molar-refractivity contribution is 0.249. The van der Waals surface area contributed by atoms with E-state index in [4.69, 9.17) is 0 Å². The van der Waals surface area contributed by atoms with E-state index in [1.54, 1.807) is 0 Å². The van der Waals surface area contributed by atoms with Crippen LogP contribution < -0.4 is 21.3 Å². The van der Waals surface area contributed by atoms with Gasteiger partial charge in [0.2, 0.25) is 0 Å². The first kappa shape index (κ1) is 17.6. The predicted molar refractivity (Wildman–Crippen MR) is 98.5 cm³/mol. The molecule has 0 unspecified atom stereocenters. The van der Waals surface area contributed by atoms with E-state index in [9.17, 15) is 9.59 Å². The van der Waals surface area contributed by atoms with Gasteiger partial charge in [-0.15, -0.1) is 0 Å². The highest BCUT2D eigenvalue weighted by Crippen LogP contribution is 2.29. The summed E-state index contributed by atoms with van der Waals surface area (Å²) >= 11 is 0. The molecule has 24 heavy (non-hydrogen) atoms. The molecule has 0 spiro atoms. The minimum absolute atomic E-state index is 0.0527. The largest absolute Gasteiger partial charge is 0.336 e. The molecule has 0 saturated heterocycles. The third-order valence-electron chi connectivity index (χ3n) is 3.26. The molecule has 0 atom stereocenters. The Morgan fingerprint density at radius 1 is 0.708 bits per heavy atom. The molecule has 4 amide bonds. The highest BCUT2D eigenvalue weighted by Gasteiger charge is 2.10. The lowest BCUT2D eigenvalue weighted by Gasteiger charge is -2.15. The van der Waals surface area contributed by atoms with Crippen molar-refractivity contribution in [1.29, 1.82) is 0 Å². The van der Waals surface area contributed by atoms with Crippen LogP contribution >= 0.6 is 0 Å². The van der Waals surface area contributed by atoms with Crippen molar-refractivity contribution in [1.82, 2.24) is 10.6 Å². The van der Waals surface area contributed by atoms with Gasteiger partial charge in [-0.05, 0) is 39.8 Å². The van der Waals surface area contributed by atoms with E-state index in [0.29, 0.717) is 11.4 Å². The fourth-order valence-electron chi connectivity index (χ4n) is 2.37. The normalized spacial score (nSPS) is 10.8. The fourth-order valence-corrected chi connectivity index (χ4v) is 2.37. The summed E-state index contributed by atoms with van der Waals surface area (Å²) in [6, 6.07) is 10.8. The minimum atomic E-state index is -0.256. The van der Waals surface area contributed by atoms with Crippen molar-refractivity contribution in [2.24, 2.45) is 0 Å². The molecule has 6 heteroatoms. The van der Waals surface area contributed by atoms with Crippen LogP contribution in [0.3, 0.4) is 0 Å². The number of carbonyl (C=O) groups is 2. The maximum absolute atomic E-state index is 11.9. The Labute approximate surface area is 142 Å². The zero-order valence-electron chi connectivity index (χ0n) is 14.4. The van der Waals surface area contributed by atoms with Gasteiger partial charge in [-0.2, -0.15) is 0 Å². The first-order valence-electron chi connectivity index (χ1n) is 8.03. The number of urea groups is 2. The number of amides is 4. The summed E-state index contributed by atoms with van der Waals surface area (Å²) in [7, 11) is 0. The Balaban J connectivity index is 2.29. The van der Waals surface area contributed by atoms with E-state index < -0.39 is 0 Å². The molecule has 0 bridgehead atoms. The molecule has 4 N–H and O–H groups in total. The van der Waals surface area contributed by atoms with Gasteiger partial charge in [-0.25, -0.2) is 9.59 Å². The molecule has 2 aromatic rings. The SMILES string of the molecule is CC(C)NC(=O)Nc1cccc2c(NC(=O)NC(C)C)cccc12. The van der Waals surface area contributed by atoms with Crippen molar-refractivity contribution in [3.05, 3.63) is 36.4 Å². The molecule has 0 fully saturated rings. The average Bonchev–Trinajstić information content (AvgIpc) is 2.46. The van der Waals surface area contributed by atoms with Crippen molar-refractivity contribution in [3.8, 4) is 0 Å². The van der Waals surface area contributed by atoms with Crippen LogP contribution in [0.2, 0.25) is 0 Å². The topological polar surface area (TPSA) is 82.3 Å². The van der Waals surface area contributed by atoms with E-state index in [1.807, 2.05) is 64.1 Å². The maximum atomic E-state index is 11.9. The molecule has 6 nitrogen and oxygen atoms in total. The number of hydrogen-bond acceptors (Lipinski definition) is 2. The Kier molecular flexibility index (Phi) is 5.63. The second kappa shape index (κ2) is 7.68. The average molecular weight is 328 g/mol. The summed E-state index contributed by atoms with van der Waals surface area (Å²) in [5, 5.41) is 13.0. The lowest BCUT2D eigenvalue weighted by Crippen LogP contribution is -2.34. The maximum Gasteiger partial charge on any atom is 0.319 e. The molecule has 0 aliphatic heterocycles. The first-order valence-corrected chi connectivity index (χ1v) is 8.03. The molecule has 0 saturated carbocycles. The number of fused-ring (bicyclic) bond motifs is 1. The highest BCUT2D eigenvalue weighted by molar-refractivity contribution is 6.08. The number of anilines is 2. The van der Waals surface area contributed by atoms with Gasteiger partial charge in [-0.3, -0.25) is 0 Å².